The van der Waals surface area contributed by atoms with E-state index in [1.165, 1.54) is 19.3 Å². The molecule has 18 heavy (non-hydrogen) atoms. The van der Waals surface area contributed by atoms with Gasteiger partial charge in [-0.3, -0.25) is 0 Å². The van der Waals surface area contributed by atoms with E-state index in [-0.39, 0.29) is 0 Å². The summed E-state index contributed by atoms with van der Waals surface area (Å²) in [5.41, 5.74) is 0.790. The molecule has 94 valence electrons. The van der Waals surface area contributed by atoms with Gasteiger partial charge in [-0.25, -0.2) is 0 Å². The molecule has 1 aliphatic rings. The standard InChI is InChI=1S/C13H17N5/c1-10-15-16-13-8-7-12(17-18(10)13)14-9-11-5-3-2-4-6-11/h2-3,7-8,11H,4-6,9H2,1H3,(H,14,17). The number of aromatic nitrogens is 4. The Morgan fingerprint density at radius 1 is 1.33 bits per heavy atom. The molecule has 5 nitrogen and oxygen atoms in total. The molecule has 2 aromatic heterocycles. The van der Waals surface area contributed by atoms with Gasteiger partial charge in [0.05, 0.1) is 0 Å². The SMILES string of the molecule is Cc1nnc2ccc(NCC3CC=CCC3)nn12. The van der Waals surface area contributed by atoms with Crippen LogP contribution in [0.3, 0.4) is 0 Å². The Labute approximate surface area is 106 Å². The zero-order valence-corrected chi connectivity index (χ0v) is 10.5. The van der Waals surface area contributed by atoms with Crippen LogP contribution in [0, 0.1) is 12.8 Å². The van der Waals surface area contributed by atoms with Crippen molar-refractivity contribution in [2.45, 2.75) is 26.2 Å². The molecule has 0 saturated carbocycles. The molecule has 2 aromatic rings. The lowest BCUT2D eigenvalue weighted by atomic mass is 9.94. The third-order valence-electron chi connectivity index (χ3n) is 3.37. The number of anilines is 1. The Balaban J connectivity index is 1.70. The second-order valence-corrected chi connectivity index (χ2v) is 4.77. The van der Waals surface area contributed by atoms with E-state index in [0.29, 0.717) is 0 Å². The minimum absolute atomic E-state index is 0.717. The molecule has 0 saturated heterocycles. The number of aryl methyl sites for hydroxylation is 1. The first-order valence-corrected chi connectivity index (χ1v) is 6.41. The fourth-order valence-electron chi connectivity index (χ4n) is 2.28. The number of rotatable bonds is 3. The van der Waals surface area contributed by atoms with Crippen LogP contribution >= 0.6 is 0 Å². The first kappa shape index (κ1) is 11.2. The molecule has 2 heterocycles. The number of fused-ring (bicyclic) bond motifs is 1. The highest BCUT2D eigenvalue weighted by Gasteiger charge is 2.10. The molecular weight excluding hydrogens is 226 g/mol. The van der Waals surface area contributed by atoms with E-state index in [9.17, 15) is 0 Å². The molecule has 1 atom stereocenters. The Morgan fingerprint density at radius 3 is 3.11 bits per heavy atom. The predicted octanol–water partition coefficient (Wildman–Crippen LogP) is 2.20. The highest BCUT2D eigenvalue weighted by molar-refractivity contribution is 5.43. The molecule has 0 spiro atoms. The molecular formula is C13H17N5. The van der Waals surface area contributed by atoms with Crippen molar-refractivity contribution in [3.8, 4) is 0 Å². The topological polar surface area (TPSA) is 55.1 Å². The van der Waals surface area contributed by atoms with Gasteiger partial charge in [0.1, 0.15) is 5.82 Å². The Kier molecular flexibility index (Phi) is 2.96. The van der Waals surface area contributed by atoms with Gasteiger partial charge in [0.2, 0.25) is 0 Å². The minimum Gasteiger partial charge on any atom is -0.368 e. The van der Waals surface area contributed by atoms with Crippen molar-refractivity contribution in [1.82, 2.24) is 19.8 Å². The van der Waals surface area contributed by atoms with Crippen molar-refractivity contribution in [2.24, 2.45) is 5.92 Å². The van der Waals surface area contributed by atoms with Gasteiger partial charge in [0, 0.05) is 6.54 Å². The maximum Gasteiger partial charge on any atom is 0.178 e. The van der Waals surface area contributed by atoms with Crippen LogP contribution in [0.5, 0.6) is 0 Å². The number of nitrogens with one attached hydrogen (secondary N) is 1. The summed E-state index contributed by atoms with van der Waals surface area (Å²) in [6, 6.07) is 3.90. The van der Waals surface area contributed by atoms with E-state index < -0.39 is 0 Å². The average molecular weight is 243 g/mol. The fourth-order valence-corrected chi connectivity index (χ4v) is 2.28. The van der Waals surface area contributed by atoms with Crippen molar-refractivity contribution >= 4 is 11.5 Å². The van der Waals surface area contributed by atoms with Crippen molar-refractivity contribution in [2.75, 3.05) is 11.9 Å². The molecule has 1 aliphatic carbocycles. The lowest BCUT2D eigenvalue weighted by Crippen LogP contribution is -2.16. The highest BCUT2D eigenvalue weighted by atomic mass is 15.4. The molecule has 5 heteroatoms. The molecule has 0 fully saturated rings. The zero-order chi connectivity index (χ0) is 12.4. The van der Waals surface area contributed by atoms with E-state index in [1.807, 2.05) is 19.1 Å². The van der Waals surface area contributed by atoms with Crippen LogP contribution in [0.2, 0.25) is 0 Å². The zero-order valence-electron chi connectivity index (χ0n) is 10.5. The Hall–Kier alpha value is -1.91. The van der Waals surface area contributed by atoms with E-state index in [1.54, 1.807) is 4.52 Å². The van der Waals surface area contributed by atoms with Gasteiger partial charge in [-0.05, 0) is 44.2 Å². The molecule has 0 amide bonds. The minimum atomic E-state index is 0.717. The summed E-state index contributed by atoms with van der Waals surface area (Å²) >= 11 is 0. The number of nitrogens with zero attached hydrogens (tertiary/aromatic N) is 4. The maximum atomic E-state index is 4.48. The van der Waals surface area contributed by atoms with Crippen LogP contribution in [0.25, 0.3) is 5.65 Å². The Morgan fingerprint density at radius 2 is 2.28 bits per heavy atom. The lowest BCUT2D eigenvalue weighted by Gasteiger charge is -2.18. The maximum absolute atomic E-state index is 4.48. The highest BCUT2D eigenvalue weighted by Crippen LogP contribution is 2.18. The van der Waals surface area contributed by atoms with Crippen molar-refractivity contribution in [3.63, 3.8) is 0 Å². The summed E-state index contributed by atoms with van der Waals surface area (Å²) < 4.78 is 1.77. The fraction of sp³-hybridized carbons (Fsp3) is 0.462. The van der Waals surface area contributed by atoms with Gasteiger partial charge < -0.3 is 5.32 Å². The van der Waals surface area contributed by atoms with Crippen LogP contribution in [-0.4, -0.2) is 26.4 Å². The smallest absolute Gasteiger partial charge is 0.178 e. The molecule has 0 aromatic carbocycles. The van der Waals surface area contributed by atoms with E-state index in [2.05, 4.69) is 32.8 Å². The monoisotopic (exact) mass is 243 g/mol. The summed E-state index contributed by atoms with van der Waals surface area (Å²) in [4.78, 5) is 0. The van der Waals surface area contributed by atoms with Crippen LogP contribution < -0.4 is 5.32 Å². The molecule has 0 aliphatic heterocycles. The van der Waals surface area contributed by atoms with Crippen molar-refractivity contribution in [1.29, 1.82) is 0 Å². The van der Waals surface area contributed by atoms with E-state index in [0.717, 1.165) is 29.8 Å². The number of allylic oxidation sites excluding steroid dienone is 2. The van der Waals surface area contributed by atoms with Crippen molar-refractivity contribution in [3.05, 3.63) is 30.1 Å². The van der Waals surface area contributed by atoms with Crippen molar-refractivity contribution < 1.29 is 0 Å². The first-order chi connectivity index (χ1) is 8.83. The number of hydrogen-bond acceptors (Lipinski definition) is 4. The van der Waals surface area contributed by atoms with Gasteiger partial charge in [0.25, 0.3) is 0 Å². The van der Waals surface area contributed by atoms with Gasteiger partial charge in [0.15, 0.2) is 11.5 Å². The van der Waals surface area contributed by atoms with E-state index >= 15 is 0 Å². The number of hydrogen-bond donors (Lipinski definition) is 1. The van der Waals surface area contributed by atoms with Crippen LogP contribution in [0.15, 0.2) is 24.3 Å². The molecule has 0 bridgehead atoms. The third-order valence-corrected chi connectivity index (χ3v) is 3.37. The second-order valence-electron chi connectivity index (χ2n) is 4.77. The summed E-state index contributed by atoms with van der Waals surface area (Å²) in [6.45, 7) is 2.88. The predicted molar refractivity (Wildman–Crippen MR) is 70.5 cm³/mol. The van der Waals surface area contributed by atoms with Crippen LogP contribution in [-0.2, 0) is 0 Å². The summed E-state index contributed by atoms with van der Waals surface area (Å²) in [5, 5.41) is 15.9. The van der Waals surface area contributed by atoms with E-state index in [4.69, 9.17) is 0 Å². The second kappa shape index (κ2) is 4.76. The summed E-state index contributed by atoms with van der Waals surface area (Å²) in [7, 11) is 0. The van der Waals surface area contributed by atoms with Crippen LogP contribution in [0.4, 0.5) is 5.82 Å². The first-order valence-electron chi connectivity index (χ1n) is 6.41. The van der Waals surface area contributed by atoms with Gasteiger partial charge in [-0.15, -0.1) is 15.3 Å². The van der Waals surface area contributed by atoms with Crippen LogP contribution in [0.1, 0.15) is 25.1 Å². The van der Waals surface area contributed by atoms with Gasteiger partial charge in [-0.2, -0.15) is 4.52 Å². The molecule has 1 N–H and O–H groups in total. The third kappa shape index (κ3) is 2.20. The van der Waals surface area contributed by atoms with Gasteiger partial charge >= 0.3 is 0 Å². The summed E-state index contributed by atoms with van der Waals surface area (Å²) in [6.07, 6.45) is 8.17. The Bertz CT molecular complexity index is 572. The quantitative estimate of drug-likeness (QED) is 0.840. The molecule has 3 rings (SSSR count). The molecule has 1 unspecified atom stereocenters. The lowest BCUT2D eigenvalue weighted by molar-refractivity contribution is 0.503. The normalized spacial score (nSPS) is 19.3. The largest absolute Gasteiger partial charge is 0.368 e. The van der Waals surface area contributed by atoms with Gasteiger partial charge in [-0.1, -0.05) is 12.2 Å². The molecule has 0 radical (unpaired) electrons. The summed E-state index contributed by atoms with van der Waals surface area (Å²) in [5.74, 6) is 2.42. The average Bonchev–Trinajstić information content (AvgIpc) is 2.79.